The van der Waals surface area contributed by atoms with Gasteiger partial charge >= 0.3 is 5.97 Å². The highest BCUT2D eigenvalue weighted by molar-refractivity contribution is 5.88. The molecular weight excluding hydrogens is 266 g/mol. The average molecular weight is 279 g/mol. The number of hydrogen-bond donors (Lipinski definition) is 0. The molecule has 0 aliphatic carbocycles. The van der Waals surface area contributed by atoms with Gasteiger partial charge in [-0.25, -0.2) is 14.8 Å². The molecule has 5 heteroatoms. The summed E-state index contributed by atoms with van der Waals surface area (Å²) in [6.07, 6.45) is 1.65. The molecule has 0 saturated heterocycles. The Morgan fingerprint density at radius 3 is 2.62 bits per heavy atom. The third kappa shape index (κ3) is 2.72. The molecule has 0 unspecified atom stereocenters. The van der Waals surface area contributed by atoms with Crippen LogP contribution in [0.3, 0.4) is 0 Å². The van der Waals surface area contributed by atoms with Crippen LogP contribution in [0.2, 0.25) is 0 Å². The van der Waals surface area contributed by atoms with Gasteiger partial charge in [-0.2, -0.15) is 0 Å². The fourth-order valence-corrected chi connectivity index (χ4v) is 1.98. The molecule has 0 atom stereocenters. The van der Waals surface area contributed by atoms with Crippen molar-refractivity contribution >= 4 is 17.0 Å². The number of para-hydroxylation sites is 2. The van der Waals surface area contributed by atoms with Gasteiger partial charge in [-0.3, -0.25) is 4.98 Å². The Bertz CT molecular complexity index is 802. The standard InChI is InChI=1S/C16H13N3O2/c1-2-21-16(20)14-9-5-8-13(18-14)15-10-17-11-6-3-4-7-12(11)19-15/h3-10H,2H2,1H3. The van der Waals surface area contributed by atoms with Crippen molar-refractivity contribution in [2.24, 2.45) is 0 Å². The van der Waals surface area contributed by atoms with Crippen LogP contribution in [0.4, 0.5) is 0 Å². The van der Waals surface area contributed by atoms with Crippen LogP contribution in [0.5, 0.6) is 0 Å². The second kappa shape index (κ2) is 5.66. The fraction of sp³-hybridized carbons (Fsp3) is 0.125. The fourth-order valence-electron chi connectivity index (χ4n) is 1.98. The molecule has 0 N–H and O–H groups in total. The minimum Gasteiger partial charge on any atom is -0.461 e. The summed E-state index contributed by atoms with van der Waals surface area (Å²) in [5, 5.41) is 0. The average Bonchev–Trinajstić information content (AvgIpc) is 2.55. The molecule has 0 aliphatic rings. The first-order valence-corrected chi connectivity index (χ1v) is 6.64. The van der Waals surface area contributed by atoms with E-state index in [1.807, 2.05) is 24.3 Å². The first kappa shape index (κ1) is 13.2. The van der Waals surface area contributed by atoms with Crippen molar-refractivity contribution in [3.05, 3.63) is 54.4 Å². The molecule has 1 aromatic carbocycles. The smallest absolute Gasteiger partial charge is 0.356 e. The number of ether oxygens (including phenoxy) is 1. The topological polar surface area (TPSA) is 65.0 Å². The highest BCUT2D eigenvalue weighted by Gasteiger charge is 2.10. The van der Waals surface area contributed by atoms with Gasteiger partial charge in [-0.15, -0.1) is 0 Å². The normalized spacial score (nSPS) is 10.5. The van der Waals surface area contributed by atoms with E-state index in [1.54, 1.807) is 31.3 Å². The monoisotopic (exact) mass is 279 g/mol. The number of rotatable bonds is 3. The maximum atomic E-state index is 11.7. The Labute approximate surface area is 121 Å². The van der Waals surface area contributed by atoms with Gasteiger partial charge in [-0.1, -0.05) is 18.2 Å². The van der Waals surface area contributed by atoms with Crippen molar-refractivity contribution in [1.29, 1.82) is 0 Å². The van der Waals surface area contributed by atoms with E-state index in [4.69, 9.17) is 4.74 Å². The summed E-state index contributed by atoms with van der Waals surface area (Å²) in [7, 11) is 0. The van der Waals surface area contributed by atoms with E-state index in [0.29, 0.717) is 18.0 Å². The summed E-state index contributed by atoms with van der Waals surface area (Å²) in [6.45, 7) is 2.08. The molecule has 5 nitrogen and oxygen atoms in total. The third-order valence-electron chi connectivity index (χ3n) is 2.94. The molecule has 2 heterocycles. The number of carbonyl (C=O) groups is 1. The SMILES string of the molecule is CCOC(=O)c1cccc(-c2cnc3ccccc3n2)n1. The number of aromatic nitrogens is 3. The summed E-state index contributed by atoms with van der Waals surface area (Å²) in [5.41, 5.74) is 3.10. The van der Waals surface area contributed by atoms with E-state index in [0.717, 1.165) is 11.0 Å². The van der Waals surface area contributed by atoms with Crippen molar-refractivity contribution in [1.82, 2.24) is 15.0 Å². The van der Waals surface area contributed by atoms with Crippen LogP contribution in [0, 0.1) is 0 Å². The lowest BCUT2D eigenvalue weighted by atomic mass is 10.2. The molecule has 0 aliphatic heterocycles. The van der Waals surface area contributed by atoms with Crippen LogP contribution in [-0.2, 0) is 4.74 Å². The Kier molecular flexibility index (Phi) is 3.55. The zero-order valence-electron chi connectivity index (χ0n) is 11.5. The van der Waals surface area contributed by atoms with Crippen molar-refractivity contribution in [3.63, 3.8) is 0 Å². The van der Waals surface area contributed by atoms with Gasteiger partial charge in [0.05, 0.1) is 29.5 Å². The molecule has 0 saturated carbocycles. The lowest BCUT2D eigenvalue weighted by Crippen LogP contribution is -2.07. The molecule has 0 spiro atoms. The number of esters is 1. The van der Waals surface area contributed by atoms with Gasteiger partial charge < -0.3 is 4.74 Å². The van der Waals surface area contributed by atoms with Gasteiger partial charge in [0.2, 0.25) is 0 Å². The first-order chi connectivity index (χ1) is 10.3. The molecule has 21 heavy (non-hydrogen) atoms. The Morgan fingerprint density at radius 1 is 1.00 bits per heavy atom. The number of nitrogens with zero attached hydrogens (tertiary/aromatic N) is 3. The van der Waals surface area contributed by atoms with Crippen molar-refractivity contribution in [2.45, 2.75) is 6.92 Å². The van der Waals surface area contributed by atoms with E-state index in [9.17, 15) is 4.79 Å². The second-order valence-electron chi connectivity index (χ2n) is 4.37. The summed E-state index contributed by atoms with van der Waals surface area (Å²) in [5.74, 6) is -0.437. The van der Waals surface area contributed by atoms with Crippen LogP contribution in [-0.4, -0.2) is 27.5 Å². The van der Waals surface area contributed by atoms with Gasteiger partial charge in [0, 0.05) is 0 Å². The molecule has 3 aromatic rings. The van der Waals surface area contributed by atoms with E-state index in [2.05, 4.69) is 15.0 Å². The van der Waals surface area contributed by atoms with Gasteiger partial charge in [0.15, 0.2) is 0 Å². The summed E-state index contributed by atoms with van der Waals surface area (Å²) in [4.78, 5) is 24.9. The molecular formula is C16H13N3O2. The molecule has 0 radical (unpaired) electrons. The van der Waals surface area contributed by atoms with Gasteiger partial charge in [0.1, 0.15) is 11.4 Å². The summed E-state index contributed by atoms with van der Waals surface area (Å²) < 4.78 is 4.95. The maximum absolute atomic E-state index is 11.7. The Balaban J connectivity index is 2.02. The maximum Gasteiger partial charge on any atom is 0.356 e. The highest BCUT2D eigenvalue weighted by Crippen LogP contribution is 2.17. The zero-order chi connectivity index (χ0) is 14.7. The lowest BCUT2D eigenvalue weighted by molar-refractivity contribution is 0.0519. The van der Waals surface area contributed by atoms with E-state index in [1.165, 1.54) is 0 Å². The summed E-state index contributed by atoms with van der Waals surface area (Å²) >= 11 is 0. The van der Waals surface area contributed by atoms with Gasteiger partial charge in [-0.05, 0) is 31.2 Å². The number of hydrogen-bond acceptors (Lipinski definition) is 5. The Morgan fingerprint density at radius 2 is 1.81 bits per heavy atom. The molecule has 104 valence electrons. The predicted octanol–water partition coefficient (Wildman–Crippen LogP) is 2.87. The van der Waals surface area contributed by atoms with Crippen LogP contribution in [0.15, 0.2) is 48.7 Å². The predicted molar refractivity (Wildman–Crippen MR) is 78.7 cm³/mol. The number of carbonyl (C=O) groups excluding carboxylic acids is 1. The van der Waals surface area contributed by atoms with Crippen molar-refractivity contribution < 1.29 is 9.53 Å². The molecule has 0 amide bonds. The molecule has 0 fully saturated rings. The van der Waals surface area contributed by atoms with E-state index in [-0.39, 0.29) is 5.69 Å². The number of fused-ring (bicyclic) bond motifs is 1. The first-order valence-electron chi connectivity index (χ1n) is 6.64. The molecule has 2 aromatic heterocycles. The largest absolute Gasteiger partial charge is 0.461 e. The lowest BCUT2D eigenvalue weighted by Gasteiger charge is -2.04. The third-order valence-corrected chi connectivity index (χ3v) is 2.94. The van der Waals surface area contributed by atoms with Gasteiger partial charge in [0.25, 0.3) is 0 Å². The second-order valence-corrected chi connectivity index (χ2v) is 4.37. The number of pyridine rings is 1. The zero-order valence-corrected chi connectivity index (χ0v) is 11.5. The van der Waals surface area contributed by atoms with E-state index < -0.39 is 5.97 Å². The van der Waals surface area contributed by atoms with Crippen LogP contribution < -0.4 is 0 Å². The Hall–Kier alpha value is -2.82. The minimum atomic E-state index is -0.437. The highest BCUT2D eigenvalue weighted by atomic mass is 16.5. The number of benzene rings is 1. The van der Waals surface area contributed by atoms with Crippen LogP contribution >= 0.6 is 0 Å². The minimum absolute atomic E-state index is 0.268. The van der Waals surface area contributed by atoms with Crippen molar-refractivity contribution in [2.75, 3.05) is 6.61 Å². The quantitative estimate of drug-likeness (QED) is 0.690. The van der Waals surface area contributed by atoms with Crippen molar-refractivity contribution in [3.8, 4) is 11.4 Å². The van der Waals surface area contributed by atoms with Crippen LogP contribution in [0.25, 0.3) is 22.4 Å². The van der Waals surface area contributed by atoms with E-state index >= 15 is 0 Å². The molecule has 3 rings (SSSR count). The summed E-state index contributed by atoms with van der Waals surface area (Å²) in [6, 6.07) is 12.8. The van der Waals surface area contributed by atoms with Crippen LogP contribution in [0.1, 0.15) is 17.4 Å². The molecule has 0 bridgehead atoms.